The van der Waals surface area contributed by atoms with Gasteiger partial charge in [-0.25, -0.2) is 9.59 Å². The smallest absolute Gasteiger partial charge is 0.408 e. The molecule has 2 aromatic rings. The largest absolute Gasteiger partial charge is 0.480 e. The van der Waals surface area contributed by atoms with Crippen LogP contribution < -0.4 is 5.32 Å². The van der Waals surface area contributed by atoms with Gasteiger partial charge in [-0.1, -0.05) is 11.6 Å². The number of hydrogen-bond donors (Lipinski definition) is 3. The van der Waals surface area contributed by atoms with Gasteiger partial charge in [-0.05, 0) is 45.4 Å². The summed E-state index contributed by atoms with van der Waals surface area (Å²) in [6.07, 6.45) is 1.22. The Morgan fingerprint density at radius 3 is 2.65 bits per heavy atom. The summed E-state index contributed by atoms with van der Waals surface area (Å²) in [5, 5.41) is 12.7. The lowest BCUT2D eigenvalue weighted by Crippen LogP contribution is -2.44. The first kappa shape index (κ1) is 16.9. The number of amides is 1. The number of alkyl carbamates (subject to hydrolysis) is 1. The summed E-state index contributed by atoms with van der Waals surface area (Å²) in [7, 11) is 0. The average Bonchev–Trinajstić information content (AvgIpc) is 2.78. The number of benzene rings is 1. The third kappa shape index (κ3) is 4.48. The maximum atomic E-state index is 11.8. The molecule has 6 nitrogen and oxygen atoms in total. The number of rotatable bonds is 4. The van der Waals surface area contributed by atoms with Crippen molar-refractivity contribution in [2.45, 2.75) is 45.8 Å². The van der Waals surface area contributed by atoms with Gasteiger partial charge in [0.05, 0.1) is 0 Å². The van der Waals surface area contributed by atoms with Crippen molar-refractivity contribution in [3.63, 3.8) is 0 Å². The van der Waals surface area contributed by atoms with E-state index in [0.717, 1.165) is 22.0 Å². The van der Waals surface area contributed by atoms with E-state index in [2.05, 4.69) is 10.3 Å². The van der Waals surface area contributed by atoms with Crippen LogP contribution >= 0.6 is 0 Å². The van der Waals surface area contributed by atoms with E-state index < -0.39 is 23.7 Å². The number of carbonyl (C=O) groups is 2. The average molecular weight is 318 g/mol. The number of aromatic amines is 1. The number of aromatic nitrogens is 1. The molecule has 2 rings (SSSR count). The standard InChI is InChI=1S/C17H22N2O4/c1-10-5-6-13-12(7-10)11(9-18-13)8-14(15(20)21)19-16(22)23-17(2,3)4/h5-7,9,14,18H,8H2,1-4H3,(H,19,22)(H,20,21)/t14-/m0/s1. The normalized spacial score (nSPS) is 12.9. The van der Waals surface area contributed by atoms with Crippen LogP contribution in [-0.4, -0.2) is 33.8 Å². The van der Waals surface area contributed by atoms with Gasteiger partial charge >= 0.3 is 12.1 Å². The summed E-state index contributed by atoms with van der Waals surface area (Å²) in [6.45, 7) is 7.16. The van der Waals surface area contributed by atoms with Crippen LogP contribution in [0.2, 0.25) is 0 Å². The zero-order chi connectivity index (χ0) is 17.2. The molecule has 0 spiro atoms. The van der Waals surface area contributed by atoms with Crippen molar-refractivity contribution >= 4 is 23.0 Å². The van der Waals surface area contributed by atoms with Crippen LogP contribution in [0.5, 0.6) is 0 Å². The monoisotopic (exact) mass is 318 g/mol. The zero-order valence-corrected chi connectivity index (χ0v) is 13.8. The lowest BCUT2D eigenvalue weighted by molar-refractivity contribution is -0.139. The number of hydrogen-bond acceptors (Lipinski definition) is 3. The van der Waals surface area contributed by atoms with Crippen molar-refractivity contribution in [2.75, 3.05) is 0 Å². The zero-order valence-electron chi connectivity index (χ0n) is 13.8. The molecular weight excluding hydrogens is 296 g/mol. The lowest BCUT2D eigenvalue weighted by atomic mass is 10.0. The Labute approximate surface area is 134 Å². The molecule has 0 fully saturated rings. The van der Waals surface area contributed by atoms with Crippen LogP contribution in [0, 0.1) is 6.92 Å². The molecule has 1 aromatic heterocycles. The highest BCUT2D eigenvalue weighted by Crippen LogP contribution is 2.21. The molecular formula is C17H22N2O4. The van der Waals surface area contributed by atoms with E-state index in [-0.39, 0.29) is 6.42 Å². The van der Waals surface area contributed by atoms with Crippen LogP contribution in [0.15, 0.2) is 24.4 Å². The maximum absolute atomic E-state index is 11.8. The van der Waals surface area contributed by atoms with E-state index in [1.807, 2.05) is 25.1 Å². The molecule has 124 valence electrons. The quantitative estimate of drug-likeness (QED) is 0.808. The Morgan fingerprint density at radius 2 is 2.04 bits per heavy atom. The maximum Gasteiger partial charge on any atom is 0.408 e. The van der Waals surface area contributed by atoms with Crippen molar-refractivity contribution < 1.29 is 19.4 Å². The molecule has 0 bridgehead atoms. The predicted molar refractivity (Wildman–Crippen MR) is 87.5 cm³/mol. The second-order valence-corrected chi connectivity index (χ2v) is 6.60. The molecule has 3 N–H and O–H groups in total. The van der Waals surface area contributed by atoms with Gasteiger partial charge in [0.2, 0.25) is 0 Å². The Bertz CT molecular complexity index is 728. The van der Waals surface area contributed by atoms with Gasteiger partial charge in [-0.15, -0.1) is 0 Å². The fourth-order valence-corrected chi connectivity index (χ4v) is 2.33. The first-order chi connectivity index (χ1) is 10.7. The number of aliphatic carboxylic acids is 1. The molecule has 0 radical (unpaired) electrons. The van der Waals surface area contributed by atoms with Gasteiger partial charge in [0, 0.05) is 23.5 Å². The van der Waals surface area contributed by atoms with Crippen molar-refractivity contribution in [1.29, 1.82) is 0 Å². The van der Waals surface area contributed by atoms with Crippen molar-refractivity contribution in [1.82, 2.24) is 10.3 Å². The fourth-order valence-electron chi connectivity index (χ4n) is 2.33. The number of ether oxygens (including phenoxy) is 1. The van der Waals surface area contributed by atoms with Crippen LogP contribution in [0.4, 0.5) is 4.79 Å². The highest BCUT2D eigenvalue weighted by Gasteiger charge is 2.25. The Hall–Kier alpha value is -2.50. The molecule has 1 heterocycles. The number of aryl methyl sites for hydroxylation is 1. The van der Waals surface area contributed by atoms with Gasteiger partial charge < -0.3 is 20.1 Å². The highest BCUT2D eigenvalue weighted by molar-refractivity contribution is 5.86. The number of H-pyrrole nitrogens is 1. The molecule has 23 heavy (non-hydrogen) atoms. The van der Waals surface area contributed by atoms with Crippen LogP contribution in [0.1, 0.15) is 31.9 Å². The van der Waals surface area contributed by atoms with Gasteiger partial charge in [0.25, 0.3) is 0 Å². The summed E-state index contributed by atoms with van der Waals surface area (Å²) in [6, 6.07) is 4.87. The van der Waals surface area contributed by atoms with Gasteiger partial charge in [-0.2, -0.15) is 0 Å². The third-order valence-electron chi connectivity index (χ3n) is 3.34. The van der Waals surface area contributed by atoms with E-state index >= 15 is 0 Å². The molecule has 0 saturated carbocycles. The van der Waals surface area contributed by atoms with E-state index in [9.17, 15) is 14.7 Å². The third-order valence-corrected chi connectivity index (χ3v) is 3.34. The van der Waals surface area contributed by atoms with Crippen LogP contribution in [0.25, 0.3) is 10.9 Å². The summed E-state index contributed by atoms with van der Waals surface area (Å²) >= 11 is 0. The van der Waals surface area contributed by atoms with E-state index in [1.54, 1.807) is 27.0 Å². The summed E-state index contributed by atoms with van der Waals surface area (Å²) in [4.78, 5) is 26.4. The SMILES string of the molecule is Cc1ccc2[nH]cc(C[C@H](NC(=O)OC(C)(C)C)C(=O)O)c2c1. The van der Waals surface area contributed by atoms with Crippen LogP contribution in [0.3, 0.4) is 0 Å². The molecule has 1 atom stereocenters. The van der Waals surface area contributed by atoms with E-state index in [1.165, 1.54) is 0 Å². The first-order valence-corrected chi connectivity index (χ1v) is 7.44. The van der Waals surface area contributed by atoms with E-state index in [0.29, 0.717) is 0 Å². The van der Waals surface area contributed by atoms with Gasteiger partial charge in [0.1, 0.15) is 11.6 Å². The second kappa shape index (κ2) is 6.32. The minimum Gasteiger partial charge on any atom is -0.480 e. The topological polar surface area (TPSA) is 91.4 Å². The van der Waals surface area contributed by atoms with E-state index in [4.69, 9.17) is 4.74 Å². The number of carboxylic acids is 1. The number of nitrogens with one attached hydrogen (secondary N) is 2. The minimum absolute atomic E-state index is 0.179. The van der Waals surface area contributed by atoms with Gasteiger partial charge in [-0.3, -0.25) is 0 Å². The van der Waals surface area contributed by atoms with Gasteiger partial charge in [0.15, 0.2) is 0 Å². The fraction of sp³-hybridized carbons (Fsp3) is 0.412. The van der Waals surface area contributed by atoms with Crippen molar-refractivity contribution in [3.05, 3.63) is 35.5 Å². The van der Waals surface area contributed by atoms with Crippen molar-refractivity contribution in [3.8, 4) is 0 Å². The van der Waals surface area contributed by atoms with Crippen LogP contribution in [-0.2, 0) is 16.0 Å². The molecule has 0 unspecified atom stereocenters. The molecule has 0 aliphatic carbocycles. The predicted octanol–water partition coefficient (Wildman–Crippen LogP) is 3.00. The summed E-state index contributed by atoms with van der Waals surface area (Å²) in [5.74, 6) is -1.10. The molecule has 0 aliphatic rings. The highest BCUT2D eigenvalue weighted by atomic mass is 16.6. The lowest BCUT2D eigenvalue weighted by Gasteiger charge is -2.22. The number of carbonyl (C=O) groups excluding carboxylic acids is 1. The second-order valence-electron chi connectivity index (χ2n) is 6.60. The molecule has 1 aromatic carbocycles. The Morgan fingerprint density at radius 1 is 1.35 bits per heavy atom. The molecule has 1 amide bonds. The minimum atomic E-state index is -1.10. The summed E-state index contributed by atoms with van der Waals surface area (Å²) in [5.41, 5.74) is 2.19. The number of fused-ring (bicyclic) bond motifs is 1. The Kier molecular flexibility index (Phi) is 4.63. The molecule has 6 heteroatoms. The molecule has 0 aliphatic heterocycles. The summed E-state index contributed by atoms with van der Waals surface area (Å²) < 4.78 is 5.12. The number of carboxylic acid groups (broad SMARTS) is 1. The molecule has 0 saturated heterocycles. The Balaban J connectivity index is 2.17. The van der Waals surface area contributed by atoms with Crippen molar-refractivity contribution in [2.24, 2.45) is 0 Å². The first-order valence-electron chi connectivity index (χ1n) is 7.44.